The zero-order valence-corrected chi connectivity index (χ0v) is 10.7. The van der Waals surface area contributed by atoms with Crippen molar-refractivity contribution in [1.82, 2.24) is 0 Å². The summed E-state index contributed by atoms with van der Waals surface area (Å²) in [5.41, 5.74) is 0. The van der Waals surface area contributed by atoms with Gasteiger partial charge in [0.15, 0.2) is 6.29 Å². The maximum absolute atomic E-state index is 11.1. The summed E-state index contributed by atoms with van der Waals surface area (Å²) in [4.78, 5) is 11.1. The van der Waals surface area contributed by atoms with Gasteiger partial charge in [-0.3, -0.25) is 0 Å². The summed E-state index contributed by atoms with van der Waals surface area (Å²) in [6, 6.07) is 0. The smallest absolute Gasteiger partial charge is 0.330 e. The Morgan fingerprint density at radius 3 is 3.00 bits per heavy atom. The molecule has 1 aliphatic heterocycles. The van der Waals surface area contributed by atoms with Gasteiger partial charge in [0.2, 0.25) is 0 Å². The van der Waals surface area contributed by atoms with Crippen LogP contribution < -0.4 is 0 Å². The fourth-order valence-corrected chi connectivity index (χ4v) is 1.59. The summed E-state index contributed by atoms with van der Waals surface area (Å²) in [5.74, 6) is -0.113. The zero-order chi connectivity index (χ0) is 12.5. The molecule has 0 aliphatic carbocycles. The van der Waals surface area contributed by atoms with Crippen LogP contribution in [0.2, 0.25) is 0 Å². The van der Waals surface area contributed by atoms with E-state index in [0.717, 1.165) is 25.9 Å². The molecule has 0 N–H and O–H groups in total. The van der Waals surface area contributed by atoms with Crippen molar-refractivity contribution in [2.24, 2.45) is 5.92 Å². The molecule has 1 saturated heterocycles. The van der Waals surface area contributed by atoms with Crippen LogP contribution in [0, 0.1) is 5.92 Å². The molecule has 17 heavy (non-hydrogen) atoms. The number of hydrogen-bond donors (Lipinski definition) is 0. The molecule has 1 rings (SSSR count). The van der Waals surface area contributed by atoms with Crippen LogP contribution in [-0.4, -0.2) is 32.1 Å². The molecular formula is C13H22O4. The van der Waals surface area contributed by atoms with Gasteiger partial charge in [-0.2, -0.15) is 0 Å². The molecule has 0 radical (unpaired) electrons. The molecule has 1 fully saturated rings. The van der Waals surface area contributed by atoms with E-state index in [1.165, 1.54) is 6.08 Å². The second-order valence-electron chi connectivity index (χ2n) is 4.22. The third-order valence-corrected chi connectivity index (χ3v) is 2.53. The second-order valence-corrected chi connectivity index (χ2v) is 4.22. The van der Waals surface area contributed by atoms with Crippen LogP contribution in [0.25, 0.3) is 0 Å². The average molecular weight is 242 g/mol. The van der Waals surface area contributed by atoms with Gasteiger partial charge in [0.25, 0.3) is 0 Å². The Morgan fingerprint density at radius 2 is 2.35 bits per heavy atom. The van der Waals surface area contributed by atoms with Crippen LogP contribution >= 0.6 is 0 Å². The number of carbonyl (C=O) groups excluding carboxylic acids is 1. The van der Waals surface area contributed by atoms with E-state index in [1.807, 2.05) is 6.92 Å². The highest BCUT2D eigenvalue weighted by atomic mass is 16.7. The molecule has 0 amide bonds. The summed E-state index contributed by atoms with van der Waals surface area (Å²) >= 11 is 0. The molecule has 0 aromatic heterocycles. The lowest BCUT2D eigenvalue weighted by atomic mass is 10.2. The number of carbonyl (C=O) groups is 1. The Balaban J connectivity index is 2.15. The van der Waals surface area contributed by atoms with E-state index in [2.05, 4.69) is 0 Å². The molecule has 0 aromatic rings. The lowest BCUT2D eigenvalue weighted by Crippen LogP contribution is -2.24. The lowest BCUT2D eigenvalue weighted by Gasteiger charge is -2.23. The predicted octanol–water partition coefficient (Wildman–Crippen LogP) is 2.29. The zero-order valence-electron chi connectivity index (χ0n) is 10.7. The van der Waals surface area contributed by atoms with E-state index in [9.17, 15) is 4.79 Å². The maximum Gasteiger partial charge on any atom is 0.330 e. The molecule has 1 unspecified atom stereocenters. The van der Waals surface area contributed by atoms with Crippen LogP contribution in [0.4, 0.5) is 0 Å². The molecule has 98 valence electrons. The van der Waals surface area contributed by atoms with E-state index in [4.69, 9.17) is 14.2 Å². The highest BCUT2D eigenvalue weighted by molar-refractivity contribution is 5.81. The Hall–Kier alpha value is -0.870. The van der Waals surface area contributed by atoms with E-state index in [-0.39, 0.29) is 18.2 Å². The highest BCUT2D eigenvalue weighted by Gasteiger charge is 2.14. The molecule has 0 saturated carbocycles. The third-order valence-electron chi connectivity index (χ3n) is 2.53. The molecule has 0 aromatic carbocycles. The van der Waals surface area contributed by atoms with Gasteiger partial charge < -0.3 is 14.2 Å². The lowest BCUT2D eigenvalue weighted by molar-refractivity contribution is -0.166. The molecule has 4 nitrogen and oxygen atoms in total. The number of ether oxygens (including phenoxy) is 3. The summed E-state index contributed by atoms with van der Waals surface area (Å²) in [6.07, 6.45) is 6.45. The van der Waals surface area contributed by atoms with Gasteiger partial charge in [0, 0.05) is 12.7 Å². The van der Waals surface area contributed by atoms with Crippen LogP contribution in [0.5, 0.6) is 0 Å². The molecule has 0 spiro atoms. The Bertz CT molecular complexity index is 244. The van der Waals surface area contributed by atoms with Crippen molar-refractivity contribution in [3.05, 3.63) is 12.2 Å². The summed E-state index contributed by atoms with van der Waals surface area (Å²) in [7, 11) is 0. The number of hydrogen-bond acceptors (Lipinski definition) is 4. The molecule has 1 heterocycles. The number of esters is 1. The van der Waals surface area contributed by atoms with Gasteiger partial charge in [0.05, 0.1) is 13.2 Å². The standard InChI is InChI=1S/C13H22O4/c1-3-15-12(14)8-7-11(2)10-17-13-6-4-5-9-16-13/h7-8,11,13H,3-6,9-10H2,1-2H3/b8-7+/t11-,13?/m1/s1. The number of rotatable bonds is 6. The summed E-state index contributed by atoms with van der Waals surface area (Å²) < 4.78 is 15.9. The normalized spacial score (nSPS) is 22.6. The topological polar surface area (TPSA) is 44.8 Å². The first-order valence-corrected chi connectivity index (χ1v) is 6.30. The molecular weight excluding hydrogens is 220 g/mol. The largest absolute Gasteiger partial charge is 0.463 e. The van der Waals surface area contributed by atoms with Gasteiger partial charge in [-0.15, -0.1) is 0 Å². The maximum atomic E-state index is 11.1. The fraction of sp³-hybridized carbons (Fsp3) is 0.769. The predicted molar refractivity (Wildman–Crippen MR) is 64.5 cm³/mol. The first kappa shape index (κ1) is 14.2. The Labute approximate surface area is 103 Å². The quantitative estimate of drug-likeness (QED) is 0.529. The highest BCUT2D eigenvalue weighted by Crippen LogP contribution is 2.14. The van der Waals surface area contributed by atoms with Gasteiger partial charge in [0.1, 0.15) is 0 Å². The third kappa shape index (κ3) is 6.44. The van der Waals surface area contributed by atoms with E-state index < -0.39 is 0 Å². The Kier molecular flexibility index (Phi) is 6.89. The van der Waals surface area contributed by atoms with Crippen LogP contribution in [0.3, 0.4) is 0 Å². The van der Waals surface area contributed by atoms with Crippen molar-refractivity contribution in [3.8, 4) is 0 Å². The van der Waals surface area contributed by atoms with E-state index in [0.29, 0.717) is 13.2 Å². The molecule has 1 aliphatic rings. The molecule has 0 bridgehead atoms. The fourth-order valence-electron chi connectivity index (χ4n) is 1.59. The van der Waals surface area contributed by atoms with Gasteiger partial charge in [-0.1, -0.05) is 13.0 Å². The van der Waals surface area contributed by atoms with E-state index in [1.54, 1.807) is 13.0 Å². The van der Waals surface area contributed by atoms with Gasteiger partial charge in [-0.05, 0) is 32.1 Å². The monoisotopic (exact) mass is 242 g/mol. The SMILES string of the molecule is CCOC(=O)/C=C/[C@@H](C)COC1CCCCO1. The van der Waals surface area contributed by atoms with Crippen LogP contribution in [0.15, 0.2) is 12.2 Å². The minimum absolute atomic E-state index is 0.0674. The minimum atomic E-state index is -0.298. The summed E-state index contributed by atoms with van der Waals surface area (Å²) in [5, 5.41) is 0. The van der Waals surface area contributed by atoms with Crippen molar-refractivity contribution >= 4 is 5.97 Å². The van der Waals surface area contributed by atoms with Crippen molar-refractivity contribution in [3.63, 3.8) is 0 Å². The van der Waals surface area contributed by atoms with Crippen molar-refractivity contribution in [1.29, 1.82) is 0 Å². The average Bonchev–Trinajstić information content (AvgIpc) is 2.35. The first-order valence-electron chi connectivity index (χ1n) is 6.30. The minimum Gasteiger partial charge on any atom is -0.463 e. The molecule has 4 heteroatoms. The molecule has 2 atom stereocenters. The van der Waals surface area contributed by atoms with Crippen LogP contribution in [-0.2, 0) is 19.0 Å². The van der Waals surface area contributed by atoms with E-state index >= 15 is 0 Å². The van der Waals surface area contributed by atoms with Crippen molar-refractivity contribution < 1.29 is 19.0 Å². The van der Waals surface area contributed by atoms with Gasteiger partial charge in [-0.25, -0.2) is 4.79 Å². The van der Waals surface area contributed by atoms with Gasteiger partial charge >= 0.3 is 5.97 Å². The summed E-state index contributed by atoms with van der Waals surface area (Å²) in [6.45, 7) is 5.56. The first-order chi connectivity index (χ1) is 8.22. The van der Waals surface area contributed by atoms with Crippen LogP contribution in [0.1, 0.15) is 33.1 Å². The van der Waals surface area contributed by atoms with Crippen molar-refractivity contribution in [2.75, 3.05) is 19.8 Å². The second kappa shape index (κ2) is 8.25. The van der Waals surface area contributed by atoms with Crippen molar-refractivity contribution in [2.45, 2.75) is 39.4 Å². The Morgan fingerprint density at radius 1 is 1.53 bits per heavy atom.